The molecular formula is C57H42BNSi. The predicted octanol–water partition coefficient (Wildman–Crippen LogP) is 8.66. The maximum atomic E-state index is 2.54. The number of anilines is 3. The number of para-hydroxylation sites is 2. The molecule has 0 radical (unpaired) electrons. The lowest BCUT2D eigenvalue weighted by molar-refractivity contribution is 0.752. The minimum Gasteiger partial charge on any atom is -0.310 e. The molecule has 1 spiro atoms. The Bertz CT molecular complexity index is 2950. The third kappa shape index (κ3) is 4.59. The molecule has 0 bridgehead atoms. The third-order valence-corrected chi connectivity index (χ3v) is 18.9. The van der Waals surface area contributed by atoms with E-state index in [1.165, 1.54) is 98.7 Å². The molecule has 9 aromatic rings. The van der Waals surface area contributed by atoms with Crippen LogP contribution in [0.5, 0.6) is 0 Å². The van der Waals surface area contributed by atoms with Crippen molar-refractivity contribution in [1.82, 2.24) is 0 Å². The Labute approximate surface area is 354 Å². The van der Waals surface area contributed by atoms with Crippen LogP contribution in [0.1, 0.15) is 33.4 Å². The van der Waals surface area contributed by atoms with Gasteiger partial charge in [0.05, 0.1) is 16.8 Å². The summed E-state index contributed by atoms with van der Waals surface area (Å²) in [5.41, 5.74) is 18.1. The highest BCUT2D eigenvalue weighted by atomic mass is 28.3. The Balaban J connectivity index is 1.07. The average molecular weight is 780 g/mol. The first-order valence-electron chi connectivity index (χ1n) is 21.2. The molecule has 12 rings (SSSR count). The van der Waals surface area contributed by atoms with Gasteiger partial charge in [-0.05, 0) is 92.2 Å². The molecule has 282 valence electrons. The van der Waals surface area contributed by atoms with Crippen LogP contribution in [0.15, 0.2) is 218 Å². The van der Waals surface area contributed by atoms with Gasteiger partial charge >= 0.3 is 0 Å². The summed E-state index contributed by atoms with van der Waals surface area (Å²) >= 11 is 0. The maximum absolute atomic E-state index is 2.68. The Morgan fingerprint density at radius 1 is 0.400 bits per heavy atom. The lowest BCUT2D eigenvalue weighted by atomic mass is 9.35. The average Bonchev–Trinajstić information content (AvgIpc) is 3.60. The molecule has 1 nitrogen and oxygen atoms in total. The summed E-state index contributed by atoms with van der Waals surface area (Å²) in [5.74, 6) is 0. The van der Waals surface area contributed by atoms with Gasteiger partial charge in [-0.1, -0.05) is 222 Å². The normalized spacial score (nSPS) is 14.7. The van der Waals surface area contributed by atoms with Crippen molar-refractivity contribution in [2.75, 3.05) is 4.90 Å². The van der Waals surface area contributed by atoms with Gasteiger partial charge in [0.1, 0.15) is 0 Å². The lowest BCUT2D eigenvalue weighted by Gasteiger charge is -2.45. The zero-order chi connectivity index (χ0) is 40.0. The summed E-state index contributed by atoms with van der Waals surface area (Å²) in [4.78, 5) is 2.54. The number of aryl methyl sites for hydroxylation is 2. The quantitative estimate of drug-likeness (QED) is 0.162. The smallest absolute Gasteiger partial charge is 0.241 e. The molecule has 3 aliphatic rings. The maximum Gasteiger partial charge on any atom is 0.241 e. The molecule has 9 aromatic carbocycles. The molecule has 0 atom stereocenters. The molecule has 0 saturated carbocycles. The van der Waals surface area contributed by atoms with E-state index in [9.17, 15) is 0 Å². The molecule has 60 heavy (non-hydrogen) atoms. The van der Waals surface area contributed by atoms with Crippen LogP contribution in [0.2, 0.25) is 0 Å². The Kier molecular flexibility index (Phi) is 7.76. The summed E-state index contributed by atoms with van der Waals surface area (Å²) in [6.07, 6.45) is 0. The molecule has 2 aliphatic heterocycles. The van der Waals surface area contributed by atoms with E-state index in [-0.39, 0.29) is 6.71 Å². The van der Waals surface area contributed by atoms with Crippen molar-refractivity contribution in [1.29, 1.82) is 0 Å². The van der Waals surface area contributed by atoms with E-state index in [2.05, 4.69) is 237 Å². The summed E-state index contributed by atoms with van der Waals surface area (Å²) in [6.45, 7) is 4.78. The van der Waals surface area contributed by atoms with Crippen molar-refractivity contribution in [3.63, 3.8) is 0 Å². The van der Waals surface area contributed by atoms with Gasteiger partial charge in [-0.2, -0.15) is 0 Å². The second-order valence-electron chi connectivity index (χ2n) is 16.8. The minimum atomic E-state index is -2.68. The third-order valence-electron chi connectivity index (χ3n) is 13.9. The first-order chi connectivity index (χ1) is 29.6. The fourth-order valence-corrected chi connectivity index (χ4v) is 17.1. The summed E-state index contributed by atoms with van der Waals surface area (Å²) in [7, 11) is -2.68. The molecule has 0 unspecified atom stereocenters. The van der Waals surface area contributed by atoms with Crippen LogP contribution >= 0.6 is 0 Å². The molecule has 0 saturated heterocycles. The van der Waals surface area contributed by atoms with E-state index >= 15 is 0 Å². The SMILES string of the molecule is Cc1cc(N2c3ccccc3C3(c4ccccc4-c4ccccc43)c3ccccc32)cc(C)c1B1c2ccccc2[Si](c2ccccc2)(c2ccccc2)c2ccccc21. The van der Waals surface area contributed by atoms with E-state index in [1.807, 2.05) is 0 Å². The molecule has 0 fully saturated rings. The molecule has 2 heterocycles. The number of hydrogen-bond acceptors (Lipinski definition) is 1. The Hall–Kier alpha value is -6.94. The number of benzene rings is 9. The van der Waals surface area contributed by atoms with Gasteiger partial charge in [0.2, 0.25) is 6.71 Å². The van der Waals surface area contributed by atoms with E-state index in [1.54, 1.807) is 0 Å². The zero-order valence-corrected chi connectivity index (χ0v) is 34.8. The fourth-order valence-electron chi connectivity index (χ4n) is 11.8. The largest absolute Gasteiger partial charge is 0.310 e. The number of hydrogen-bond donors (Lipinski definition) is 0. The van der Waals surface area contributed by atoms with Crippen LogP contribution in [-0.2, 0) is 5.41 Å². The first kappa shape index (κ1) is 35.0. The molecule has 0 amide bonds. The van der Waals surface area contributed by atoms with E-state index in [0.717, 1.165) is 0 Å². The standard InChI is InChI=1S/C57H42BNSi/c1-39-37-41(59-52-33-17-13-29-48(52)57(49-30-14-18-34-53(49)59)46-27-11-9-25-44(46)45-26-10-12-28-47(45)57)38-40(2)56(39)58-50-31-15-19-35-54(50)60(42-21-5-3-6-22-42,43-23-7-4-8-24-43)55-36-20-16-32-51(55)58/h3-38H,1-2H3. The minimum absolute atomic E-state index is 0.0928. The summed E-state index contributed by atoms with van der Waals surface area (Å²) in [5, 5.41) is 5.81. The van der Waals surface area contributed by atoms with Crippen LogP contribution in [0.4, 0.5) is 17.1 Å². The Morgan fingerprint density at radius 3 is 1.27 bits per heavy atom. The lowest BCUT2D eigenvalue weighted by Crippen LogP contribution is -2.86. The van der Waals surface area contributed by atoms with E-state index in [0.29, 0.717) is 0 Å². The van der Waals surface area contributed by atoms with Crippen molar-refractivity contribution in [2.45, 2.75) is 19.3 Å². The van der Waals surface area contributed by atoms with Crippen LogP contribution < -0.4 is 42.0 Å². The topological polar surface area (TPSA) is 3.24 Å². The highest BCUT2D eigenvalue weighted by Gasteiger charge is 2.52. The molecule has 0 N–H and O–H groups in total. The summed E-state index contributed by atoms with van der Waals surface area (Å²) < 4.78 is 0. The van der Waals surface area contributed by atoms with Gasteiger partial charge in [-0.3, -0.25) is 0 Å². The molecule has 0 aromatic heterocycles. The van der Waals surface area contributed by atoms with E-state index in [4.69, 9.17) is 0 Å². The number of fused-ring (bicyclic) bond motifs is 11. The van der Waals surface area contributed by atoms with Crippen molar-refractivity contribution >= 4 is 69.0 Å². The molecule has 3 heteroatoms. The van der Waals surface area contributed by atoms with Gasteiger partial charge < -0.3 is 4.90 Å². The van der Waals surface area contributed by atoms with Crippen molar-refractivity contribution in [2.24, 2.45) is 0 Å². The molecular weight excluding hydrogens is 738 g/mol. The van der Waals surface area contributed by atoms with Crippen LogP contribution in [-0.4, -0.2) is 14.8 Å². The Morgan fingerprint density at radius 2 is 0.783 bits per heavy atom. The van der Waals surface area contributed by atoms with Crippen LogP contribution in [0, 0.1) is 13.8 Å². The second kappa shape index (κ2) is 13.3. The van der Waals surface area contributed by atoms with Crippen molar-refractivity contribution in [3.8, 4) is 11.1 Å². The van der Waals surface area contributed by atoms with Crippen molar-refractivity contribution in [3.05, 3.63) is 252 Å². The van der Waals surface area contributed by atoms with E-state index < -0.39 is 13.5 Å². The number of rotatable bonds is 4. The fraction of sp³-hybridized carbons (Fsp3) is 0.0526. The predicted molar refractivity (Wildman–Crippen MR) is 256 cm³/mol. The zero-order valence-electron chi connectivity index (χ0n) is 33.8. The second-order valence-corrected chi connectivity index (χ2v) is 20.5. The van der Waals surface area contributed by atoms with Gasteiger partial charge in [0.15, 0.2) is 8.07 Å². The van der Waals surface area contributed by atoms with Gasteiger partial charge in [-0.15, -0.1) is 0 Å². The highest BCUT2D eigenvalue weighted by Crippen LogP contribution is 2.63. The van der Waals surface area contributed by atoms with Crippen LogP contribution in [0.3, 0.4) is 0 Å². The summed E-state index contributed by atoms with van der Waals surface area (Å²) in [6, 6.07) is 82.8. The van der Waals surface area contributed by atoms with Gasteiger partial charge in [-0.25, -0.2) is 0 Å². The van der Waals surface area contributed by atoms with Crippen LogP contribution in [0.25, 0.3) is 11.1 Å². The first-order valence-corrected chi connectivity index (χ1v) is 23.2. The number of nitrogens with zero attached hydrogens (tertiary/aromatic N) is 1. The highest BCUT2D eigenvalue weighted by molar-refractivity contribution is 7.26. The van der Waals surface area contributed by atoms with Gasteiger partial charge in [0.25, 0.3) is 0 Å². The van der Waals surface area contributed by atoms with Gasteiger partial charge in [0, 0.05) is 5.69 Å². The van der Waals surface area contributed by atoms with Crippen molar-refractivity contribution < 1.29 is 0 Å². The monoisotopic (exact) mass is 779 g/mol. The molecule has 1 aliphatic carbocycles.